The Balaban J connectivity index is 1.69. The topological polar surface area (TPSA) is 47.4 Å². The van der Waals surface area contributed by atoms with Crippen LogP contribution in [0, 0.1) is 6.92 Å². The van der Waals surface area contributed by atoms with Gasteiger partial charge in [-0.2, -0.15) is 5.10 Å². The van der Waals surface area contributed by atoms with Gasteiger partial charge < -0.3 is 4.74 Å². The molecular weight excluding hydrogens is 242 g/mol. The Hall–Kier alpha value is -1.36. The van der Waals surface area contributed by atoms with Gasteiger partial charge >= 0.3 is 5.97 Å². The van der Waals surface area contributed by atoms with E-state index in [9.17, 15) is 4.79 Å². The van der Waals surface area contributed by atoms with Crippen molar-refractivity contribution in [1.82, 2.24) is 14.7 Å². The van der Waals surface area contributed by atoms with E-state index in [1.54, 1.807) is 0 Å². The van der Waals surface area contributed by atoms with Gasteiger partial charge in [-0.25, -0.2) is 0 Å². The SMILES string of the molecule is Cc1cnn(CC2CCCN2C2CC(C)OC2=O)c1. The van der Waals surface area contributed by atoms with Crippen molar-refractivity contribution in [3.8, 4) is 0 Å². The van der Waals surface area contributed by atoms with Crippen LogP contribution in [0.25, 0.3) is 0 Å². The lowest BCUT2D eigenvalue weighted by Crippen LogP contribution is -2.43. The third kappa shape index (κ3) is 2.52. The van der Waals surface area contributed by atoms with Crippen molar-refractivity contribution in [2.24, 2.45) is 0 Å². The molecule has 3 rings (SSSR count). The van der Waals surface area contributed by atoms with Crippen molar-refractivity contribution >= 4 is 5.97 Å². The molecule has 104 valence electrons. The fraction of sp³-hybridized carbons (Fsp3) is 0.714. The molecule has 0 spiro atoms. The maximum atomic E-state index is 11.9. The van der Waals surface area contributed by atoms with Crippen molar-refractivity contribution < 1.29 is 9.53 Å². The van der Waals surface area contributed by atoms with E-state index in [0.717, 1.165) is 32.4 Å². The molecule has 0 amide bonds. The summed E-state index contributed by atoms with van der Waals surface area (Å²) in [6.45, 7) is 5.88. The highest BCUT2D eigenvalue weighted by Gasteiger charge is 2.41. The van der Waals surface area contributed by atoms with Gasteiger partial charge in [0.15, 0.2) is 0 Å². The van der Waals surface area contributed by atoms with E-state index in [-0.39, 0.29) is 18.1 Å². The Morgan fingerprint density at radius 2 is 2.37 bits per heavy atom. The number of hydrogen-bond acceptors (Lipinski definition) is 4. The summed E-state index contributed by atoms with van der Waals surface area (Å²) in [5.41, 5.74) is 1.18. The summed E-state index contributed by atoms with van der Waals surface area (Å²) in [6, 6.07) is 0.362. The Labute approximate surface area is 113 Å². The molecule has 0 aromatic carbocycles. The van der Waals surface area contributed by atoms with Crippen LogP contribution in [0.1, 0.15) is 31.7 Å². The first-order valence-electron chi connectivity index (χ1n) is 7.09. The molecule has 2 aliphatic heterocycles. The second-order valence-electron chi connectivity index (χ2n) is 5.77. The van der Waals surface area contributed by atoms with Crippen molar-refractivity contribution in [1.29, 1.82) is 0 Å². The molecular formula is C14H21N3O2. The van der Waals surface area contributed by atoms with Crippen LogP contribution in [0.2, 0.25) is 0 Å². The van der Waals surface area contributed by atoms with E-state index in [4.69, 9.17) is 4.74 Å². The lowest BCUT2D eigenvalue weighted by atomic mass is 10.1. The van der Waals surface area contributed by atoms with E-state index in [1.165, 1.54) is 5.56 Å². The molecule has 2 aliphatic rings. The highest BCUT2D eigenvalue weighted by molar-refractivity contribution is 5.78. The summed E-state index contributed by atoms with van der Waals surface area (Å²) in [5.74, 6) is -0.0453. The van der Waals surface area contributed by atoms with Gasteiger partial charge in [0.05, 0.1) is 12.7 Å². The maximum absolute atomic E-state index is 11.9. The van der Waals surface area contributed by atoms with Crippen LogP contribution in [0.3, 0.4) is 0 Å². The van der Waals surface area contributed by atoms with Gasteiger partial charge in [0.25, 0.3) is 0 Å². The van der Waals surface area contributed by atoms with Crippen LogP contribution in [0.15, 0.2) is 12.4 Å². The highest BCUT2D eigenvalue weighted by atomic mass is 16.6. The molecule has 0 radical (unpaired) electrons. The monoisotopic (exact) mass is 263 g/mol. The van der Waals surface area contributed by atoms with Crippen LogP contribution in [0.5, 0.6) is 0 Å². The normalized spacial score (nSPS) is 31.9. The second kappa shape index (κ2) is 4.96. The van der Waals surface area contributed by atoms with Gasteiger partial charge in [0, 0.05) is 18.7 Å². The quantitative estimate of drug-likeness (QED) is 0.773. The van der Waals surface area contributed by atoms with E-state index in [1.807, 2.05) is 24.7 Å². The summed E-state index contributed by atoms with van der Waals surface area (Å²) < 4.78 is 7.27. The Morgan fingerprint density at radius 1 is 1.53 bits per heavy atom. The minimum atomic E-state index is -0.0453. The maximum Gasteiger partial charge on any atom is 0.323 e. The predicted molar refractivity (Wildman–Crippen MR) is 70.7 cm³/mol. The minimum absolute atomic E-state index is 0.0424. The standard InChI is InChI=1S/C14H21N3O2/c1-10-7-15-16(8-10)9-12-4-3-5-17(12)13-6-11(2)19-14(13)18/h7-8,11-13H,3-6,9H2,1-2H3. The number of aryl methyl sites for hydroxylation is 1. The van der Waals surface area contributed by atoms with Gasteiger partial charge in [-0.3, -0.25) is 14.4 Å². The summed E-state index contributed by atoms with van der Waals surface area (Å²) in [6.07, 6.45) is 7.12. The smallest absolute Gasteiger partial charge is 0.323 e. The van der Waals surface area contributed by atoms with Crippen LogP contribution < -0.4 is 0 Å². The molecule has 2 fully saturated rings. The fourth-order valence-electron chi connectivity index (χ4n) is 3.25. The molecule has 2 saturated heterocycles. The molecule has 5 heteroatoms. The predicted octanol–water partition coefficient (Wildman–Crippen LogP) is 1.36. The molecule has 3 unspecified atom stereocenters. The average Bonchev–Trinajstić information content (AvgIpc) is 3.02. The third-order valence-corrected chi connectivity index (χ3v) is 4.13. The minimum Gasteiger partial charge on any atom is -0.461 e. The molecule has 3 atom stereocenters. The van der Waals surface area contributed by atoms with Crippen molar-refractivity contribution in [2.45, 2.75) is 57.8 Å². The number of nitrogens with zero attached hydrogens (tertiary/aromatic N) is 3. The van der Waals surface area contributed by atoms with E-state index in [0.29, 0.717) is 6.04 Å². The summed E-state index contributed by atoms with van der Waals surface area (Å²) in [4.78, 5) is 14.2. The fourth-order valence-corrected chi connectivity index (χ4v) is 3.25. The number of likely N-dealkylation sites (tertiary alicyclic amines) is 1. The Morgan fingerprint density at radius 3 is 3.00 bits per heavy atom. The van der Waals surface area contributed by atoms with Crippen molar-refractivity contribution in [3.05, 3.63) is 18.0 Å². The molecule has 0 aliphatic carbocycles. The molecule has 0 saturated carbocycles. The highest BCUT2D eigenvalue weighted by Crippen LogP contribution is 2.28. The van der Waals surface area contributed by atoms with E-state index < -0.39 is 0 Å². The van der Waals surface area contributed by atoms with Crippen LogP contribution in [-0.4, -0.2) is 45.4 Å². The molecule has 5 nitrogen and oxygen atoms in total. The van der Waals surface area contributed by atoms with Crippen LogP contribution in [0.4, 0.5) is 0 Å². The van der Waals surface area contributed by atoms with Gasteiger partial charge in [-0.05, 0) is 38.8 Å². The summed E-state index contributed by atoms with van der Waals surface area (Å²) >= 11 is 0. The van der Waals surface area contributed by atoms with Gasteiger partial charge in [-0.15, -0.1) is 0 Å². The number of rotatable bonds is 3. The van der Waals surface area contributed by atoms with Crippen molar-refractivity contribution in [3.63, 3.8) is 0 Å². The van der Waals surface area contributed by atoms with E-state index >= 15 is 0 Å². The molecule has 0 N–H and O–H groups in total. The third-order valence-electron chi connectivity index (χ3n) is 4.13. The first-order chi connectivity index (χ1) is 9.13. The number of carbonyl (C=O) groups excluding carboxylic acids is 1. The molecule has 19 heavy (non-hydrogen) atoms. The lowest BCUT2D eigenvalue weighted by Gasteiger charge is -2.27. The Bertz CT molecular complexity index is 471. The van der Waals surface area contributed by atoms with Gasteiger partial charge in [-0.1, -0.05) is 0 Å². The number of esters is 1. The van der Waals surface area contributed by atoms with Crippen molar-refractivity contribution in [2.75, 3.05) is 6.54 Å². The van der Waals surface area contributed by atoms with Gasteiger partial charge in [0.1, 0.15) is 12.1 Å². The zero-order chi connectivity index (χ0) is 13.4. The molecule has 1 aromatic rings. The molecule has 0 bridgehead atoms. The van der Waals surface area contributed by atoms with Crippen LogP contribution in [-0.2, 0) is 16.1 Å². The number of hydrogen-bond donors (Lipinski definition) is 0. The zero-order valence-corrected chi connectivity index (χ0v) is 11.6. The Kier molecular flexibility index (Phi) is 3.31. The number of ether oxygens (including phenoxy) is 1. The van der Waals surface area contributed by atoms with E-state index in [2.05, 4.69) is 16.2 Å². The first-order valence-corrected chi connectivity index (χ1v) is 7.09. The largest absolute Gasteiger partial charge is 0.461 e. The first kappa shape index (κ1) is 12.7. The summed E-state index contributed by atoms with van der Waals surface area (Å²) in [5, 5.41) is 4.35. The number of cyclic esters (lactones) is 1. The molecule has 3 heterocycles. The number of carbonyl (C=O) groups is 1. The summed E-state index contributed by atoms with van der Waals surface area (Å²) in [7, 11) is 0. The lowest BCUT2D eigenvalue weighted by molar-refractivity contribution is -0.145. The zero-order valence-electron chi connectivity index (χ0n) is 11.6. The second-order valence-corrected chi connectivity index (χ2v) is 5.77. The molecule has 1 aromatic heterocycles. The number of aromatic nitrogens is 2. The van der Waals surface area contributed by atoms with Crippen LogP contribution >= 0.6 is 0 Å². The average molecular weight is 263 g/mol. The van der Waals surface area contributed by atoms with Gasteiger partial charge in [0.2, 0.25) is 0 Å².